The second kappa shape index (κ2) is 5.70. The van der Waals surface area contributed by atoms with E-state index in [0.29, 0.717) is 30.1 Å². The number of hydrogen-bond donors (Lipinski definition) is 0. The van der Waals surface area contributed by atoms with Crippen LogP contribution in [0, 0.1) is 12.8 Å². The number of carbonyl (C=O) groups is 2. The van der Waals surface area contributed by atoms with E-state index in [1.165, 1.54) is 11.0 Å². The maximum Gasteiger partial charge on any atom is 0.260 e. The zero-order chi connectivity index (χ0) is 14.0. The molecule has 1 saturated heterocycles. The van der Waals surface area contributed by atoms with E-state index in [9.17, 15) is 9.59 Å². The van der Waals surface area contributed by atoms with Crippen molar-refractivity contribution in [2.75, 3.05) is 6.54 Å². The molecule has 2 rings (SSSR count). The van der Waals surface area contributed by atoms with Crippen LogP contribution in [0.1, 0.15) is 42.2 Å². The van der Waals surface area contributed by atoms with Crippen LogP contribution >= 0.6 is 11.6 Å². The largest absolute Gasteiger partial charge is 0.278 e. The summed E-state index contributed by atoms with van der Waals surface area (Å²) in [5.74, 6) is -0.0649. The van der Waals surface area contributed by atoms with Gasteiger partial charge in [0, 0.05) is 24.2 Å². The third-order valence-corrected chi connectivity index (χ3v) is 3.51. The lowest BCUT2D eigenvalue weighted by Crippen LogP contribution is -2.32. The number of likely N-dealkylation sites (tertiary alicyclic amines) is 1. The van der Waals surface area contributed by atoms with Crippen molar-refractivity contribution in [2.45, 2.75) is 33.1 Å². The summed E-state index contributed by atoms with van der Waals surface area (Å²) in [4.78, 5) is 29.6. The van der Waals surface area contributed by atoms with E-state index in [4.69, 9.17) is 11.6 Å². The maximum absolute atomic E-state index is 12.3. The number of carbonyl (C=O) groups excluding carboxylic acids is 2. The molecule has 1 fully saturated rings. The zero-order valence-corrected chi connectivity index (χ0v) is 11.9. The first-order valence-corrected chi connectivity index (χ1v) is 6.88. The van der Waals surface area contributed by atoms with Gasteiger partial charge in [0.05, 0.1) is 0 Å². The van der Waals surface area contributed by atoms with Crippen LogP contribution in [0.2, 0.25) is 5.15 Å². The maximum atomic E-state index is 12.3. The normalized spacial score (nSPS) is 19.0. The Kier molecular flexibility index (Phi) is 4.20. The number of aromatic nitrogens is 1. The van der Waals surface area contributed by atoms with E-state index < -0.39 is 0 Å². The van der Waals surface area contributed by atoms with E-state index in [2.05, 4.69) is 11.9 Å². The molecular weight excluding hydrogens is 264 g/mol. The minimum Gasteiger partial charge on any atom is -0.278 e. The molecule has 0 spiro atoms. The highest BCUT2D eigenvalue weighted by atomic mass is 35.5. The lowest BCUT2D eigenvalue weighted by molar-refractivity contribution is -0.125. The summed E-state index contributed by atoms with van der Waals surface area (Å²) in [6.45, 7) is 4.37. The Morgan fingerprint density at radius 2 is 2.26 bits per heavy atom. The summed E-state index contributed by atoms with van der Waals surface area (Å²) in [6.07, 6.45) is 2.48. The fourth-order valence-electron chi connectivity index (χ4n) is 2.49. The van der Waals surface area contributed by atoms with E-state index in [0.717, 1.165) is 12.8 Å². The highest BCUT2D eigenvalue weighted by molar-refractivity contribution is 6.29. The molecule has 1 aliphatic heterocycles. The number of imide groups is 1. The van der Waals surface area contributed by atoms with Crippen molar-refractivity contribution >= 4 is 23.4 Å². The molecule has 1 unspecified atom stereocenters. The molecule has 5 heteroatoms. The molecule has 1 aromatic heterocycles. The van der Waals surface area contributed by atoms with Crippen LogP contribution in [0.4, 0.5) is 0 Å². The second-order valence-electron chi connectivity index (χ2n) is 4.99. The van der Waals surface area contributed by atoms with Crippen molar-refractivity contribution in [3.05, 3.63) is 28.5 Å². The molecule has 0 saturated carbocycles. The van der Waals surface area contributed by atoms with Gasteiger partial charge in [0.2, 0.25) is 5.91 Å². The van der Waals surface area contributed by atoms with Gasteiger partial charge in [-0.05, 0) is 31.4 Å². The molecule has 0 aliphatic carbocycles. The number of aryl methyl sites for hydroxylation is 1. The van der Waals surface area contributed by atoms with Gasteiger partial charge in [-0.25, -0.2) is 4.98 Å². The fraction of sp³-hybridized carbons (Fsp3) is 0.500. The van der Waals surface area contributed by atoms with Crippen LogP contribution in [-0.4, -0.2) is 28.2 Å². The van der Waals surface area contributed by atoms with Gasteiger partial charge in [0.15, 0.2) is 0 Å². The molecule has 1 aromatic rings. The lowest BCUT2D eigenvalue weighted by atomic mass is 10.0. The number of halogens is 1. The second-order valence-corrected chi connectivity index (χ2v) is 5.38. The van der Waals surface area contributed by atoms with Crippen LogP contribution < -0.4 is 0 Å². The molecule has 2 heterocycles. The smallest absolute Gasteiger partial charge is 0.260 e. The molecule has 0 bridgehead atoms. The van der Waals surface area contributed by atoms with Crippen molar-refractivity contribution in [3.63, 3.8) is 0 Å². The van der Waals surface area contributed by atoms with Crippen molar-refractivity contribution in [1.82, 2.24) is 9.88 Å². The van der Waals surface area contributed by atoms with Crippen molar-refractivity contribution in [1.29, 1.82) is 0 Å². The molecule has 0 N–H and O–H groups in total. The Morgan fingerprint density at radius 1 is 1.53 bits per heavy atom. The molecule has 1 aliphatic rings. The third-order valence-electron chi connectivity index (χ3n) is 3.32. The summed E-state index contributed by atoms with van der Waals surface area (Å²) in [5.41, 5.74) is 1.11. The van der Waals surface area contributed by atoms with Crippen LogP contribution in [0.15, 0.2) is 12.1 Å². The molecular formula is C14H17ClN2O2. The van der Waals surface area contributed by atoms with E-state index in [1.54, 1.807) is 13.0 Å². The SMILES string of the molecule is CCCC1CC(=O)N(C(=O)c2cc(C)nc(Cl)c2)C1. The first-order chi connectivity index (χ1) is 9.01. The van der Waals surface area contributed by atoms with Gasteiger partial charge in [0.1, 0.15) is 5.15 Å². The fourth-order valence-corrected chi connectivity index (χ4v) is 2.74. The molecule has 0 radical (unpaired) electrons. The summed E-state index contributed by atoms with van der Waals surface area (Å²) in [7, 11) is 0. The Morgan fingerprint density at radius 3 is 2.89 bits per heavy atom. The average Bonchev–Trinajstić information content (AvgIpc) is 2.68. The number of pyridine rings is 1. The minimum atomic E-state index is -0.268. The van der Waals surface area contributed by atoms with Gasteiger partial charge in [-0.1, -0.05) is 24.9 Å². The Hall–Kier alpha value is -1.42. The van der Waals surface area contributed by atoms with E-state index in [-0.39, 0.29) is 17.0 Å². The van der Waals surface area contributed by atoms with E-state index in [1.807, 2.05) is 0 Å². The van der Waals surface area contributed by atoms with Crippen LogP contribution in [0.25, 0.3) is 0 Å². The van der Waals surface area contributed by atoms with Gasteiger partial charge in [-0.15, -0.1) is 0 Å². The van der Waals surface area contributed by atoms with E-state index >= 15 is 0 Å². The lowest BCUT2D eigenvalue weighted by Gasteiger charge is -2.15. The summed E-state index contributed by atoms with van der Waals surface area (Å²) >= 11 is 5.85. The van der Waals surface area contributed by atoms with Gasteiger partial charge >= 0.3 is 0 Å². The first kappa shape index (κ1) is 14.0. The van der Waals surface area contributed by atoms with Gasteiger partial charge in [-0.2, -0.15) is 0 Å². The Balaban J connectivity index is 2.18. The molecule has 2 amide bonds. The number of rotatable bonds is 3. The first-order valence-electron chi connectivity index (χ1n) is 6.50. The molecule has 0 aromatic carbocycles. The standard InChI is InChI=1S/C14H17ClN2O2/c1-3-4-10-6-13(18)17(8-10)14(19)11-5-9(2)16-12(15)7-11/h5,7,10H,3-4,6,8H2,1-2H3. The highest BCUT2D eigenvalue weighted by Gasteiger charge is 2.33. The summed E-state index contributed by atoms with van der Waals surface area (Å²) in [5, 5.41) is 0.278. The van der Waals surface area contributed by atoms with Crippen molar-refractivity contribution in [3.8, 4) is 0 Å². The zero-order valence-electron chi connectivity index (χ0n) is 11.1. The minimum absolute atomic E-state index is 0.0889. The Labute approximate surface area is 117 Å². The molecule has 102 valence electrons. The van der Waals surface area contributed by atoms with Crippen molar-refractivity contribution < 1.29 is 9.59 Å². The number of nitrogens with zero attached hydrogens (tertiary/aromatic N) is 2. The van der Waals surface area contributed by atoms with Crippen LogP contribution in [0.5, 0.6) is 0 Å². The highest BCUT2D eigenvalue weighted by Crippen LogP contribution is 2.24. The topological polar surface area (TPSA) is 50.3 Å². The van der Waals surface area contributed by atoms with Crippen LogP contribution in [0.3, 0.4) is 0 Å². The summed E-state index contributed by atoms with van der Waals surface area (Å²) < 4.78 is 0. The number of amides is 2. The Bertz CT molecular complexity index is 496. The molecule has 1 atom stereocenters. The van der Waals surface area contributed by atoms with Crippen molar-refractivity contribution in [2.24, 2.45) is 5.92 Å². The summed E-state index contributed by atoms with van der Waals surface area (Å²) in [6, 6.07) is 3.17. The number of hydrogen-bond acceptors (Lipinski definition) is 3. The van der Waals surface area contributed by atoms with Crippen LogP contribution in [-0.2, 0) is 4.79 Å². The monoisotopic (exact) mass is 280 g/mol. The van der Waals surface area contributed by atoms with Gasteiger partial charge in [0.25, 0.3) is 5.91 Å². The third kappa shape index (κ3) is 3.13. The predicted octanol–water partition coefficient (Wildman–Crippen LogP) is 2.83. The van der Waals surface area contributed by atoms with Gasteiger partial charge < -0.3 is 0 Å². The quantitative estimate of drug-likeness (QED) is 0.632. The average molecular weight is 281 g/mol. The molecule has 4 nitrogen and oxygen atoms in total. The predicted molar refractivity (Wildman–Crippen MR) is 73.0 cm³/mol. The van der Waals surface area contributed by atoms with Gasteiger partial charge in [-0.3, -0.25) is 14.5 Å². The molecule has 19 heavy (non-hydrogen) atoms.